The summed E-state index contributed by atoms with van der Waals surface area (Å²) in [6, 6.07) is 0.0758. The minimum atomic E-state index is -0.273. The number of hydrogen-bond donors (Lipinski definition) is 2. The van der Waals surface area contributed by atoms with Crippen molar-refractivity contribution < 1.29 is 14.3 Å². The summed E-state index contributed by atoms with van der Waals surface area (Å²) in [6.07, 6.45) is 1.15. The summed E-state index contributed by atoms with van der Waals surface area (Å²) in [5.74, 6) is 0.651. The number of aliphatic hydroxyl groups excluding tert-OH is 1. The molecule has 136 valence electrons. The van der Waals surface area contributed by atoms with E-state index >= 15 is 0 Å². The van der Waals surface area contributed by atoms with Gasteiger partial charge in [-0.3, -0.25) is 14.6 Å². The van der Waals surface area contributed by atoms with E-state index in [4.69, 9.17) is 4.42 Å². The molecule has 1 unspecified atom stereocenters. The van der Waals surface area contributed by atoms with Crippen LogP contribution in [0.5, 0.6) is 0 Å². The number of β-amino-alcohol motifs (C(OH)–C–C–N with tert-alkyl or cyclic N) is 1. The van der Waals surface area contributed by atoms with Crippen LogP contribution in [-0.4, -0.2) is 70.7 Å². The third kappa shape index (κ3) is 5.58. The molecule has 7 nitrogen and oxygen atoms in total. The minimum absolute atomic E-state index is 0.0758. The highest BCUT2D eigenvalue weighted by Gasteiger charge is 2.22. The van der Waals surface area contributed by atoms with Crippen LogP contribution in [0.25, 0.3) is 0 Å². The van der Waals surface area contributed by atoms with Crippen LogP contribution in [0.3, 0.4) is 0 Å². The van der Waals surface area contributed by atoms with Crippen molar-refractivity contribution in [1.82, 2.24) is 20.1 Å². The molecule has 1 aromatic heterocycles. The fraction of sp³-hybridized carbons (Fsp3) is 0.765. The van der Waals surface area contributed by atoms with E-state index in [2.05, 4.69) is 20.1 Å². The number of amides is 1. The zero-order valence-corrected chi connectivity index (χ0v) is 15.2. The van der Waals surface area contributed by atoms with E-state index < -0.39 is 0 Å². The molecule has 1 aromatic rings. The number of carbonyl (C=O) groups is 1. The molecule has 2 heterocycles. The third-order valence-electron chi connectivity index (χ3n) is 4.24. The Balaban J connectivity index is 1.78. The Kier molecular flexibility index (Phi) is 6.77. The lowest BCUT2D eigenvalue weighted by atomic mass is 10.1. The van der Waals surface area contributed by atoms with Crippen LogP contribution in [-0.2, 0) is 6.54 Å². The zero-order chi connectivity index (χ0) is 17.7. The first-order chi connectivity index (χ1) is 11.3. The van der Waals surface area contributed by atoms with E-state index in [-0.39, 0.29) is 24.0 Å². The standard InChI is InChI=1S/C17H30N4O3/c1-12(2)15(22)9-20-5-7-21(8-6-20)10-16-19-14(11-24-16)17(23)18-13(3)4/h11-13,15,22H,5-10H2,1-4H3,(H,18,23). The first-order valence-electron chi connectivity index (χ1n) is 8.73. The summed E-state index contributed by atoms with van der Waals surface area (Å²) < 4.78 is 5.43. The van der Waals surface area contributed by atoms with Crippen LogP contribution in [0, 0.1) is 5.92 Å². The summed E-state index contributed by atoms with van der Waals surface area (Å²) in [6.45, 7) is 12.9. The van der Waals surface area contributed by atoms with Gasteiger partial charge in [-0.25, -0.2) is 4.98 Å². The van der Waals surface area contributed by atoms with E-state index in [1.807, 2.05) is 27.7 Å². The van der Waals surface area contributed by atoms with Gasteiger partial charge in [-0.2, -0.15) is 0 Å². The molecule has 2 N–H and O–H groups in total. The number of carbonyl (C=O) groups excluding carboxylic acids is 1. The van der Waals surface area contributed by atoms with Crippen LogP contribution >= 0.6 is 0 Å². The molecular formula is C17H30N4O3. The zero-order valence-electron chi connectivity index (χ0n) is 15.2. The second-order valence-electron chi connectivity index (χ2n) is 7.14. The highest BCUT2D eigenvalue weighted by Crippen LogP contribution is 2.11. The van der Waals surface area contributed by atoms with Gasteiger partial charge in [0.2, 0.25) is 5.89 Å². The van der Waals surface area contributed by atoms with E-state index in [0.717, 1.165) is 32.7 Å². The fourth-order valence-electron chi connectivity index (χ4n) is 2.62. The highest BCUT2D eigenvalue weighted by atomic mass is 16.3. The average Bonchev–Trinajstić information content (AvgIpc) is 2.97. The lowest BCUT2D eigenvalue weighted by Gasteiger charge is -2.35. The second-order valence-corrected chi connectivity index (χ2v) is 7.14. The molecule has 1 amide bonds. The Bertz CT molecular complexity index is 522. The molecule has 0 saturated carbocycles. The number of aliphatic hydroxyl groups is 1. The van der Waals surface area contributed by atoms with E-state index in [1.54, 1.807) is 0 Å². The van der Waals surface area contributed by atoms with Crippen molar-refractivity contribution in [1.29, 1.82) is 0 Å². The van der Waals surface area contributed by atoms with Crippen molar-refractivity contribution in [2.24, 2.45) is 5.92 Å². The summed E-state index contributed by atoms with van der Waals surface area (Å²) in [4.78, 5) is 20.7. The Labute approximate surface area is 144 Å². The maximum Gasteiger partial charge on any atom is 0.273 e. The molecule has 2 rings (SSSR count). The molecule has 1 aliphatic rings. The van der Waals surface area contributed by atoms with E-state index in [9.17, 15) is 9.90 Å². The molecule has 1 fully saturated rings. The Hall–Kier alpha value is -1.44. The third-order valence-corrected chi connectivity index (χ3v) is 4.24. The fourth-order valence-corrected chi connectivity index (χ4v) is 2.62. The van der Waals surface area contributed by atoms with Gasteiger partial charge >= 0.3 is 0 Å². The van der Waals surface area contributed by atoms with Gasteiger partial charge in [0.25, 0.3) is 5.91 Å². The summed E-state index contributed by atoms with van der Waals surface area (Å²) in [7, 11) is 0. The number of nitrogens with one attached hydrogen (secondary N) is 1. The van der Waals surface area contributed by atoms with Crippen LogP contribution in [0.2, 0.25) is 0 Å². The van der Waals surface area contributed by atoms with Crippen molar-refractivity contribution in [3.05, 3.63) is 17.8 Å². The number of rotatable bonds is 7. The van der Waals surface area contributed by atoms with Crippen molar-refractivity contribution in [2.45, 2.75) is 46.4 Å². The predicted octanol–water partition coefficient (Wildman–Crippen LogP) is 0.947. The van der Waals surface area contributed by atoms with Gasteiger partial charge in [-0.15, -0.1) is 0 Å². The maximum absolute atomic E-state index is 11.9. The van der Waals surface area contributed by atoms with E-state index in [0.29, 0.717) is 18.1 Å². The SMILES string of the molecule is CC(C)NC(=O)c1coc(CN2CCN(CC(O)C(C)C)CC2)n1. The number of nitrogens with zero attached hydrogens (tertiary/aromatic N) is 3. The van der Waals surface area contributed by atoms with Crippen molar-refractivity contribution in [2.75, 3.05) is 32.7 Å². The quantitative estimate of drug-likeness (QED) is 0.770. The predicted molar refractivity (Wildman–Crippen MR) is 91.7 cm³/mol. The Morgan fingerprint density at radius 3 is 2.46 bits per heavy atom. The van der Waals surface area contributed by atoms with Gasteiger partial charge in [-0.05, 0) is 19.8 Å². The lowest BCUT2D eigenvalue weighted by Crippen LogP contribution is -2.48. The van der Waals surface area contributed by atoms with Crippen molar-refractivity contribution in [3.63, 3.8) is 0 Å². The molecule has 0 aromatic carbocycles. The molecule has 0 spiro atoms. The molecule has 1 aliphatic heterocycles. The topological polar surface area (TPSA) is 81.8 Å². The number of oxazole rings is 1. The van der Waals surface area contributed by atoms with Gasteiger partial charge in [0.05, 0.1) is 12.6 Å². The molecule has 7 heteroatoms. The van der Waals surface area contributed by atoms with Crippen molar-refractivity contribution in [3.8, 4) is 0 Å². The number of piperazine rings is 1. The second kappa shape index (κ2) is 8.60. The van der Waals surface area contributed by atoms with Gasteiger partial charge < -0.3 is 14.8 Å². The average molecular weight is 338 g/mol. The normalized spacial score (nSPS) is 18.3. The molecule has 0 radical (unpaired) electrons. The van der Waals surface area contributed by atoms with Gasteiger partial charge in [0.1, 0.15) is 6.26 Å². The lowest BCUT2D eigenvalue weighted by molar-refractivity contribution is 0.0463. The number of hydrogen-bond acceptors (Lipinski definition) is 6. The molecule has 1 saturated heterocycles. The first-order valence-corrected chi connectivity index (χ1v) is 8.73. The Morgan fingerprint density at radius 1 is 1.25 bits per heavy atom. The summed E-state index contributed by atoms with van der Waals surface area (Å²) >= 11 is 0. The molecule has 24 heavy (non-hydrogen) atoms. The number of aromatic nitrogens is 1. The highest BCUT2D eigenvalue weighted by molar-refractivity contribution is 5.92. The van der Waals surface area contributed by atoms with Crippen LogP contribution in [0.4, 0.5) is 0 Å². The molecule has 0 bridgehead atoms. The molecule has 1 atom stereocenters. The largest absolute Gasteiger partial charge is 0.447 e. The van der Waals surface area contributed by atoms with Gasteiger partial charge in [-0.1, -0.05) is 13.8 Å². The monoisotopic (exact) mass is 338 g/mol. The minimum Gasteiger partial charge on any atom is -0.447 e. The van der Waals surface area contributed by atoms with Crippen LogP contribution in [0.1, 0.15) is 44.1 Å². The van der Waals surface area contributed by atoms with Crippen LogP contribution < -0.4 is 5.32 Å². The van der Waals surface area contributed by atoms with Crippen molar-refractivity contribution >= 4 is 5.91 Å². The Morgan fingerprint density at radius 2 is 1.88 bits per heavy atom. The maximum atomic E-state index is 11.9. The van der Waals surface area contributed by atoms with Crippen LogP contribution in [0.15, 0.2) is 10.7 Å². The van der Waals surface area contributed by atoms with Gasteiger partial charge in [0.15, 0.2) is 5.69 Å². The summed E-state index contributed by atoms with van der Waals surface area (Å²) in [5.41, 5.74) is 0.331. The summed E-state index contributed by atoms with van der Waals surface area (Å²) in [5, 5.41) is 12.8. The molecular weight excluding hydrogens is 308 g/mol. The smallest absolute Gasteiger partial charge is 0.273 e. The first kappa shape index (κ1) is 18.9. The molecule has 0 aliphatic carbocycles. The van der Waals surface area contributed by atoms with Gasteiger partial charge in [0, 0.05) is 38.8 Å². The van der Waals surface area contributed by atoms with E-state index in [1.165, 1.54) is 6.26 Å².